The maximum atomic E-state index is 13.5. The number of hydrogen-bond acceptors (Lipinski definition) is 4. The molecule has 1 aliphatic heterocycles. The van der Waals surface area contributed by atoms with Gasteiger partial charge in [0.1, 0.15) is 0 Å². The Morgan fingerprint density at radius 3 is 2.74 bits per heavy atom. The minimum Gasteiger partial charge on any atom is -0.366 e. The van der Waals surface area contributed by atoms with Gasteiger partial charge < -0.3 is 10.6 Å². The Hall–Kier alpha value is -1.83. The number of rotatable bonds is 3. The summed E-state index contributed by atoms with van der Waals surface area (Å²) in [6.07, 6.45) is -2.67. The normalized spacial score (nSPS) is 19.5. The highest BCUT2D eigenvalue weighted by Crippen LogP contribution is 2.39. The first-order valence-corrected chi connectivity index (χ1v) is 7.79. The minimum absolute atomic E-state index is 0.000872. The van der Waals surface area contributed by atoms with E-state index in [1.807, 2.05) is 13.8 Å². The number of anilines is 1. The van der Waals surface area contributed by atoms with E-state index in [1.54, 1.807) is 0 Å². The number of alkyl halides is 3. The molecule has 2 aromatic heterocycles. The molecule has 0 aliphatic carbocycles. The van der Waals surface area contributed by atoms with Crippen molar-refractivity contribution in [2.45, 2.75) is 44.8 Å². The minimum atomic E-state index is -4.45. The zero-order valence-electron chi connectivity index (χ0n) is 13.1. The molecular weight excluding hydrogens is 307 g/mol. The van der Waals surface area contributed by atoms with Gasteiger partial charge in [-0.05, 0) is 39.3 Å². The fourth-order valence-electron chi connectivity index (χ4n) is 2.97. The number of halogens is 3. The van der Waals surface area contributed by atoms with E-state index in [-0.39, 0.29) is 28.8 Å². The Morgan fingerprint density at radius 1 is 1.35 bits per heavy atom. The predicted molar refractivity (Wildman–Crippen MR) is 82.5 cm³/mol. The lowest BCUT2D eigenvalue weighted by Crippen LogP contribution is -2.29. The van der Waals surface area contributed by atoms with Crippen molar-refractivity contribution in [1.29, 1.82) is 0 Å². The van der Waals surface area contributed by atoms with Crippen LogP contribution < -0.4 is 10.6 Å². The standard InChI is InChI=1S/C15H20F3N5/c1-8(2)20-13-12-10(15(16,17)18)6-11(21-14(12)23-22-13)9-4-3-5-19-7-9/h6,8-9,19H,3-5,7H2,1-2H3,(H2,20,21,22,23)/t9-/m1/s1. The lowest BCUT2D eigenvalue weighted by atomic mass is 9.94. The molecule has 1 atom stereocenters. The second-order valence-corrected chi connectivity index (χ2v) is 6.23. The number of hydrogen-bond donors (Lipinski definition) is 3. The molecular formula is C15H20F3N5. The Labute approximate surface area is 132 Å². The fraction of sp³-hybridized carbons (Fsp3) is 0.600. The van der Waals surface area contributed by atoms with Crippen molar-refractivity contribution in [1.82, 2.24) is 20.5 Å². The molecule has 126 valence electrons. The largest absolute Gasteiger partial charge is 0.417 e. The number of nitrogens with zero attached hydrogens (tertiary/aromatic N) is 2. The number of pyridine rings is 1. The Bertz CT molecular complexity index is 686. The molecule has 0 bridgehead atoms. The maximum absolute atomic E-state index is 13.5. The summed E-state index contributed by atoms with van der Waals surface area (Å²) >= 11 is 0. The second-order valence-electron chi connectivity index (χ2n) is 6.23. The molecule has 0 unspecified atom stereocenters. The molecule has 0 saturated carbocycles. The summed E-state index contributed by atoms with van der Waals surface area (Å²) in [5.74, 6) is 0.196. The number of H-pyrrole nitrogens is 1. The van der Waals surface area contributed by atoms with Gasteiger partial charge in [-0.3, -0.25) is 5.10 Å². The van der Waals surface area contributed by atoms with Gasteiger partial charge >= 0.3 is 6.18 Å². The zero-order chi connectivity index (χ0) is 16.6. The number of piperidine rings is 1. The van der Waals surface area contributed by atoms with Gasteiger partial charge in [0.15, 0.2) is 11.5 Å². The number of aromatic nitrogens is 3. The third kappa shape index (κ3) is 3.26. The van der Waals surface area contributed by atoms with Gasteiger partial charge in [-0.1, -0.05) is 0 Å². The summed E-state index contributed by atoms with van der Waals surface area (Å²) in [6.45, 7) is 5.25. The number of aromatic amines is 1. The van der Waals surface area contributed by atoms with E-state index < -0.39 is 11.7 Å². The van der Waals surface area contributed by atoms with Crippen LogP contribution in [0.5, 0.6) is 0 Å². The van der Waals surface area contributed by atoms with Crippen molar-refractivity contribution in [2.24, 2.45) is 0 Å². The van der Waals surface area contributed by atoms with Gasteiger partial charge in [-0.25, -0.2) is 4.98 Å². The Morgan fingerprint density at radius 2 is 2.13 bits per heavy atom. The van der Waals surface area contributed by atoms with E-state index in [0.717, 1.165) is 19.4 Å². The third-order valence-corrected chi connectivity index (χ3v) is 4.00. The maximum Gasteiger partial charge on any atom is 0.417 e. The average molecular weight is 327 g/mol. The van der Waals surface area contributed by atoms with E-state index in [2.05, 4.69) is 25.8 Å². The van der Waals surface area contributed by atoms with Crippen LogP contribution in [0.25, 0.3) is 11.0 Å². The molecule has 1 fully saturated rings. The van der Waals surface area contributed by atoms with Crippen molar-refractivity contribution < 1.29 is 13.2 Å². The van der Waals surface area contributed by atoms with Crippen LogP contribution in [-0.4, -0.2) is 34.3 Å². The van der Waals surface area contributed by atoms with E-state index in [4.69, 9.17) is 0 Å². The third-order valence-electron chi connectivity index (χ3n) is 4.00. The van der Waals surface area contributed by atoms with E-state index in [9.17, 15) is 13.2 Å². The van der Waals surface area contributed by atoms with Gasteiger partial charge in [0.25, 0.3) is 0 Å². The summed E-state index contributed by atoms with van der Waals surface area (Å²) in [5.41, 5.74) is -0.0275. The van der Waals surface area contributed by atoms with Crippen LogP contribution in [0.2, 0.25) is 0 Å². The fourth-order valence-corrected chi connectivity index (χ4v) is 2.97. The zero-order valence-corrected chi connectivity index (χ0v) is 13.1. The van der Waals surface area contributed by atoms with Crippen molar-refractivity contribution in [3.63, 3.8) is 0 Å². The summed E-state index contributed by atoms with van der Waals surface area (Å²) in [7, 11) is 0. The highest BCUT2D eigenvalue weighted by atomic mass is 19.4. The summed E-state index contributed by atoms with van der Waals surface area (Å²) in [5, 5.41) is 12.8. The lowest BCUT2D eigenvalue weighted by molar-refractivity contribution is -0.136. The molecule has 0 spiro atoms. The monoisotopic (exact) mass is 327 g/mol. The summed E-state index contributed by atoms with van der Waals surface area (Å²) in [4.78, 5) is 4.40. The molecule has 3 rings (SSSR count). The van der Waals surface area contributed by atoms with Crippen molar-refractivity contribution >= 4 is 16.9 Å². The molecule has 2 aromatic rings. The molecule has 0 aromatic carbocycles. The average Bonchev–Trinajstić information content (AvgIpc) is 2.88. The van der Waals surface area contributed by atoms with E-state index in [0.29, 0.717) is 12.2 Å². The quantitative estimate of drug-likeness (QED) is 0.809. The van der Waals surface area contributed by atoms with Crippen LogP contribution in [0, 0.1) is 0 Å². The van der Waals surface area contributed by atoms with E-state index in [1.165, 1.54) is 6.07 Å². The van der Waals surface area contributed by atoms with Crippen molar-refractivity contribution in [3.8, 4) is 0 Å². The Kier molecular flexibility index (Phi) is 4.18. The first-order valence-electron chi connectivity index (χ1n) is 7.79. The molecule has 8 heteroatoms. The van der Waals surface area contributed by atoms with Crippen LogP contribution in [0.1, 0.15) is 43.9 Å². The second kappa shape index (κ2) is 5.99. The van der Waals surface area contributed by atoms with E-state index >= 15 is 0 Å². The molecule has 3 heterocycles. The molecule has 1 aliphatic rings. The van der Waals surface area contributed by atoms with Crippen LogP contribution in [-0.2, 0) is 6.18 Å². The van der Waals surface area contributed by atoms with Crippen LogP contribution in [0.3, 0.4) is 0 Å². The van der Waals surface area contributed by atoms with Crippen molar-refractivity contribution in [2.75, 3.05) is 18.4 Å². The first-order chi connectivity index (χ1) is 10.9. The van der Waals surface area contributed by atoms with Gasteiger partial charge in [0.05, 0.1) is 10.9 Å². The summed E-state index contributed by atoms with van der Waals surface area (Å²) in [6, 6.07) is 1.16. The smallest absolute Gasteiger partial charge is 0.366 e. The van der Waals surface area contributed by atoms with Gasteiger partial charge in [0, 0.05) is 24.2 Å². The molecule has 3 N–H and O–H groups in total. The molecule has 5 nitrogen and oxygen atoms in total. The van der Waals surface area contributed by atoms with Crippen LogP contribution >= 0.6 is 0 Å². The SMILES string of the molecule is CC(C)Nc1n[nH]c2nc([C@@H]3CCCNC3)cc(C(F)(F)F)c12. The van der Waals surface area contributed by atoms with Crippen LogP contribution in [0.15, 0.2) is 6.07 Å². The predicted octanol–water partition coefficient (Wildman–Crippen LogP) is 3.26. The van der Waals surface area contributed by atoms with Crippen LogP contribution in [0.4, 0.5) is 19.0 Å². The topological polar surface area (TPSA) is 65.6 Å². The summed E-state index contributed by atoms with van der Waals surface area (Å²) < 4.78 is 40.6. The van der Waals surface area contributed by atoms with Gasteiger partial charge in [0.2, 0.25) is 0 Å². The first kappa shape index (κ1) is 16.0. The molecule has 1 saturated heterocycles. The number of nitrogens with one attached hydrogen (secondary N) is 3. The number of fused-ring (bicyclic) bond motifs is 1. The molecule has 23 heavy (non-hydrogen) atoms. The lowest BCUT2D eigenvalue weighted by Gasteiger charge is -2.23. The van der Waals surface area contributed by atoms with Gasteiger partial charge in [-0.15, -0.1) is 0 Å². The highest BCUT2D eigenvalue weighted by Gasteiger charge is 2.36. The highest BCUT2D eigenvalue weighted by molar-refractivity contribution is 5.91. The molecule has 0 amide bonds. The van der Waals surface area contributed by atoms with Gasteiger partial charge in [-0.2, -0.15) is 18.3 Å². The van der Waals surface area contributed by atoms with Crippen molar-refractivity contribution in [3.05, 3.63) is 17.3 Å². The Balaban J connectivity index is 2.12. The molecule has 0 radical (unpaired) electrons.